The van der Waals surface area contributed by atoms with Gasteiger partial charge >= 0.3 is 0 Å². The normalized spacial score (nSPS) is 21.5. The maximum Gasteiger partial charge on any atom is 0.241 e. The van der Waals surface area contributed by atoms with E-state index in [1.165, 1.54) is 0 Å². The van der Waals surface area contributed by atoms with E-state index in [9.17, 15) is 4.79 Å². The van der Waals surface area contributed by atoms with E-state index in [4.69, 9.17) is 5.53 Å². The standard InChI is InChI=1S/C15H16N6O/c1-21-9-12(19-20-16)7-14(21)15(22)18-11-6-10-4-2-3-5-13(10)17-8-11/h2-6,8,12,14H,7,9H2,1H3,(H,18,22). The molecule has 7 nitrogen and oxygen atoms in total. The summed E-state index contributed by atoms with van der Waals surface area (Å²) in [6.45, 7) is 0.595. The van der Waals surface area contributed by atoms with Crippen molar-refractivity contribution < 1.29 is 4.79 Å². The second kappa shape index (κ2) is 6.01. The summed E-state index contributed by atoms with van der Waals surface area (Å²) in [5.74, 6) is -0.102. The van der Waals surface area contributed by atoms with Crippen LogP contribution in [0.2, 0.25) is 0 Å². The average Bonchev–Trinajstić information content (AvgIpc) is 2.88. The third kappa shape index (κ3) is 2.86. The Morgan fingerprint density at radius 3 is 3.14 bits per heavy atom. The van der Waals surface area contributed by atoms with Gasteiger partial charge in [0.25, 0.3) is 0 Å². The lowest BCUT2D eigenvalue weighted by atomic mass is 10.1. The number of anilines is 1. The van der Waals surface area contributed by atoms with Crippen LogP contribution in [0.4, 0.5) is 5.69 Å². The van der Waals surface area contributed by atoms with E-state index < -0.39 is 0 Å². The lowest BCUT2D eigenvalue weighted by Gasteiger charge is -2.18. The number of carbonyl (C=O) groups is 1. The number of nitrogens with zero attached hydrogens (tertiary/aromatic N) is 5. The molecule has 1 saturated heterocycles. The first-order valence-electron chi connectivity index (χ1n) is 7.07. The number of carbonyl (C=O) groups excluding carboxylic acids is 1. The van der Waals surface area contributed by atoms with Crippen LogP contribution >= 0.6 is 0 Å². The maximum absolute atomic E-state index is 12.4. The molecule has 7 heteroatoms. The van der Waals surface area contributed by atoms with Crippen molar-refractivity contribution in [2.45, 2.75) is 18.5 Å². The van der Waals surface area contributed by atoms with Crippen molar-refractivity contribution in [1.82, 2.24) is 9.88 Å². The number of para-hydroxylation sites is 1. The number of nitrogens with one attached hydrogen (secondary N) is 1. The van der Waals surface area contributed by atoms with Crippen LogP contribution < -0.4 is 5.32 Å². The predicted molar refractivity (Wildman–Crippen MR) is 84.3 cm³/mol. The van der Waals surface area contributed by atoms with Crippen molar-refractivity contribution >= 4 is 22.5 Å². The van der Waals surface area contributed by atoms with Gasteiger partial charge in [-0.3, -0.25) is 14.7 Å². The number of fused-ring (bicyclic) bond motifs is 1. The molecule has 1 fully saturated rings. The van der Waals surface area contributed by atoms with Crippen LogP contribution in [0.5, 0.6) is 0 Å². The van der Waals surface area contributed by atoms with E-state index in [-0.39, 0.29) is 18.0 Å². The minimum Gasteiger partial charge on any atom is -0.323 e. The molecule has 112 valence electrons. The number of azide groups is 1. The molecule has 1 aliphatic heterocycles. The Bertz CT molecular complexity index is 755. The molecule has 1 N–H and O–H groups in total. The van der Waals surface area contributed by atoms with Gasteiger partial charge in [-0.25, -0.2) is 0 Å². The highest BCUT2D eigenvalue weighted by Crippen LogP contribution is 2.21. The first-order chi connectivity index (χ1) is 10.7. The van der Waals surface area contributed by atoms with Crippen molar-refractivity contribution in [3.63, 3.8) is 0 Å². The number of benzene rings is 1. The Kier molecular flexibility index (Phi) is 3.91. The number of rotatable bonds is 3. The summed E-state index contributed by atoms with van der Waals surface area (Å²) < 4.78 is 0. The van der Waals surface area contributed by atoms with Crippen LogP contribution in [0.1, 0.15) is 6.42 Å². The second-order valence-electron chi connectivity index (χ2n) is 5.46. The lowest BCUT2D eigenvalue weighted by molar-refractivity contribution is -0.119. The lowest BCUT2D eigenvalue weighted by Crippen LogP contribution is -2.37. The summed E-state index contributed by atoms with van der Waals surface area (Å²) in [5.41, 5.74) is 10.1. The fourth-order valence-corrected chi connectivity index (χ4v) is 2.80. The molecule has 1 aromatic carbocycles. The second-order valence-corrected chi connectivity index (χ2v) is 5.46. The molecule has 0 saturated carbocycles. The Labute approximate surface area is 127 Å². The number of aromatic nitrogens is 1. The van der Waals surface area contributed by atoms with Crippen molar-refractivity contribution in [1.29, 1.82) is 0 Å². The van der Waals surface area contributed by atoms with Crippen molar-refractivity contribution in [2.75, 3.05) is 18.9 Å². The average molecular weight is 296 g/mol. The van der Waals surface area contributed by atoms with E-state index in [1.54, 1.807) is 6.20 Å². The monoisotopic (exact) mass is 296 g/mol. The van der Waals surface area contributed by atoms with Crippen LogP contribution in [-0.4, -0.2) is 41.5 Å². The highest BCUT2D eigenvalue weighted by molar-refractivity contribution is 5.96. The minimum absolute atomic E-state index is 0.102. The van der Waals surface area contributed by atoms with Gasteiger partial charge in [-0.05, 0) is 31.1 Å². The van der Waals surface area contributed by atoms with Crippen LogP contribution in [0, 0.1) is 0 Å². The molecular formula is C15H16N6O. The molecule has 1 aliphatic rings. The van der Waals surface area contributed by atoms with E-state index in [0.717, 1.165) is 10.9 Å². The summed E-state index contributed by atoms with van der Waals surface area (Å²) in [6, 6.07) is 9.21. The Morgan fingerprint density at radius 1 is 1.50 bits per heavy atom. The Morgan fingerprint density at radius 2 is 2.32 bits per heavy atom. The molecule has 3 rings (SSSR count). The highest BCUT2D eigenvalue weighted by atomic mass is 16.2. The SMILES string of the molecule is CN1CC(N=[N+]=[N-])CC1C(=O)Nc1cnc2ccccc2c1. The maximum atomic E-state index is 12.4. The minimum atomic E-state index is -0.290. The van der Waals surface area contributed by atoms with Gasteiger partial charge in [0.05, 0.1) is 29.5 Å². The van der Waals surface area contributed by atoms with Gasteiger partial charge in [-0.1, -0.05) is 23.3 Å². The summed E-state index contributed by atoms with van der Waals surface area (Å²) in [6.07, 6.45) is 2.19. The van der Waals surface area contributed by atoms with Gasteiger partial charge < -0.3 is 5.32 Å². The molecule has 0 spiro atoms. The third-order valence-electron chi connectivity index (χ3n) is 3.90. The zero-order valence-corrected chi connectivity index (χ0v) is 12.2. The molecule has 2 heterocycles. The number of likely N-dealkylation sites (tertiary alicyclic amines) is 1. The summed E-state index contributed by atoms with van der Waals surface area (Å²) in [5, 5.41) is 7.57. The van der Waals surface area contributed by atoms with E-state index in [0.29, 0.717) is 18.7 Å². The van der Waals surface area contributed by atoms with Gasteiger partial charge in [0.15, 0.2) is 0 Å². The van der Waals surface area contributed by atoms with Crippen molar-refractivity contribution in [2.24, 2.45) is 5.11 Å². The first-order valence-corrected chi connectivity index (χ1v) is 7.07. The van der Waals surface area contributed by atoms with E-state index in [1.807, 2.05) is 42.3 Å². The quantitative estimate of drug-likeness (QED) is 0.535. The van der Waals surface area contributed by atoms with E-state index >= 15 is 0 Å². The molecule has 1 aromatic heterocycles. The number of hydrogen-bond donors (Lipinski definition) is 1. The molecule has 2 unspecified atom stereocenters. The van der Waals surface area contributed by atoms with Crippen molar-refractivity contribution in [3.05, 3.63) is 47.0 Å². The smallest absolute Gasteiger partial charge is 0.241 e. The molecule has 22 heavy (non-hydrogen) atoms. The summed E-state index contributed by atoms with van der Waals surface area (Å²) >= 11 is 0. The molecule has 1 amide bonds. The first kappa shape index (κ1) is 14.3. The summed E-state index contributed by atoms with van der Waals surface area (Å²) in [7, 11) is 1.86. The molecule has 2 aromatic rings. The third-order valence-corrected chi connectivity index (χ3v) is 3.90. The van der Waals surface area contributed by atoms with Crippen LogP contribution in [-0.2, 0) is 4.79 Å². The molecule has 0 radical (unpaired) electrons. The molecule has 0 aliphatic carbocycles. The van der Waals surface area contributed by atoms with Gasteiger partial charge in [0, 0.05) is 16.8 Å². The molecule has 0 bridgehead atoms. The Balaban J connectivity index is 1.74. The predicted octanol–water partition coefficient (Wildman–Crippen LogP) is 2.56. The zero-order chi connectivity index (χ0) is 15.5. The summed E-state index contributed by atoms with van der Waals surface area (Å²) in [4.78, 5) is 21.5. The number of likely N-dealkylation sites (N-methyl/N-ethyl adjacent to an activating group) is 1. The largest absolute Gasteiger partial charge is 0.323 e. The number of pyridine rings is 1. The Hall–Kier alpha value is -2.63. The highest BCUT2D eigenvalue weighted by Gasteiger charge is 2.33. The van der Waals surface area contributed by atoms with Crippen LogP contribution in [0.25, 0.3) is 21.3 Å². The van der Waals surface area contributed by atoms with Crippen molar-refractivity contribution in [3.8, 4) is 0 Å². The van der Waals surface area contributed by atoms with Crippen LogP contribution in [0.15, 0.2) is 41.6 Å². The van der Waals surface area contributed by atoms with Gasteiger partial charge in [-0.2, -0.15) is 0 Å². The van der Waals surface area contributed by atoms with E-state index in [2.05, 4.69) is 20.3 Å². The van der Waals surface area contributed by atoms with Crippen LogP contribution in [0.3, 0.4) is 0 Å². The molecular weight excluding hydrogens is 280 g/mol. The zero-order valence-electron chi connectivity index (χ0n) is 12.2. The fourth-order valence-electron chi connectivity index (χ4n) is 2.80. The van der Waals surface area contributed by atoms with Gasteiger partial charge in [-0.15, -0.1) is 0 Å². The van der Waals surface area contributed by atoms with Gasteiger partial charge in [0.1, 0.15) is 0 Å². The number of amides is 1. The number of hydrogen-bond acceptors (Lipinski definition) is 4. The fraction of sp³-hybridized carbons (Fsp3) is 0.333. The topological polar surface area (TPSA) is 94.0 Å². The molecule has 2 atom stereocenters. The van der Waals surface area contributed by atoms with Gasteiger partial charge in [0.2, 0.25) is 5.91 Å².